The molecule has 0 amide bonds. The van der Waals surface area contributed by atoms with Gasteiger partial charge in [-0.3, -0.25) is 0 Å². The van der Waals surface area contributed by atoms with Crippen LogP contribution in [-0.2, 0) is 0 Å². The van der Waals surface area contributed by atoms with Gasteiger partial charge in [0.1, 0.15) is 11.0 Å². The first-order valence-corrected chi connectivity index (χ1v) is 8.36. The minimum atomic E-state index is 0.991. The molecular formula is C20H16N2S. The van der Waals surface area contributed by atoms with E-state index in [9.17, 15) is 0 Å². The molecule has 0 unspecified atom stereocenters. The molecule has 0 radical (unpaired) electrons. The molecule has 1 aromatic heterocycles. The van der Waals surface area contributed by atoms with E-state index in [4.69, 9.17) is 0 Å². The largest absolute Gasteiger partial charge is 0.172 e. The fraction of sp³-hybridized carbons (Fsp3) is 0.100. The van der Waals surface area contributed by atoms with Crippen molar-refractivity contribution < 1.29 is 0 Å². The summed E-state index contributed by atoms with van der Waals surface area (Å²) in [7, 11) is 0. The molecule has 2 nitrogen and oxygen atoms in total. The molecule has 0 spiro atoms. The maximum atomic E-state index is 4.58. The van der Waals surface area contributed by atoms with E-state index in [1.54, 1.807) is 0 Å². The lowest BCUT2D eigenvalue weighted by molar-refractivity contribution is 1.45. The Bertz CT molecular complexity index is 922. The van der Waals surface area contributed by atoms with Crippen LogP contribution in [0.2, 0.25) is 0 Å². The maximum Gasteiger partial charge on any atom is 0.113 e. The quantitative estimate of drug-likeness (QED) is 0.478. The smallest absolute Gasteiger partial charge is 0.113 e. The van der Waals surface area contributed by atoms with Crippen LogP contribution < -0.4 is 0 Å². The topological polar surface area (TPSA) is 25.8 Å². The third-order valence-corrected chi connectivity index (χ3v) is 4.81. The predicted octanol–water partition coefficient (Wildman–Crippen LogP) is 5.64. The molecule has 0 aliphatic carbocycles. The molecule has 0 bridgehead atoms. The zero-order valence-electron chi connectivity index (χ0n) is 13.1. The number of aryl methyl sites for hydroxylation is 2. The van der Waals surface area contributed by atoms with Crippen LogP contribution in [0.5, 0.6) is 0 Å². The van der Waals surface area contributed by atoms with E-state index in [0.29, 0.717) is 0 Å². The minimum Gasteiger partial charge on any atom is -0.172 e. The number of aromatic nitrogens is 2. The number of fused-ring (bicyclic) bond motifs is 1. The number of benzene rings is 3. The highest BCUT2D eigenvalue weighted by molar-refractivity contribution is 7.00. The van der Waals surface area contributed by atoms with Gasteiger partial charge >= 0.3 is 0 Å². The predicted molar refractivity (Wildman–Crippen MR) is 97.8 cm³/mol. The standard InChI is InChI=1S/C20H16N2S/c1-13-7-3-5-9-15(13)17-11-12-18(20-19(17)21-23-22-20)16-10-6-4-8-14(16)2/h3-12H,1-2H3. The molecule has 0 fully saturated rings. The van der Waals surface area contributed by atoms with Gasteiger partial charge in [-0.1, -0.05) is 60.7 Å². The molecule has 0 atom stereocenters. The van der Waals surface area contributed by atoms with E-state index < -0.39 is 0 Å². The van der Waals surface area contributed by atoms with Gasteiger partial charge in [-0.2, -0.15) is 8.75 Å². The summed E-state index contributed by atoms with van der Waals surface area (Å²) < 4.78 is 9.17. The van der Waals surface area contributed by atoms with Crippen molar-refractivity contribution in [1.29, 1.82) is 0 Å². The van der Waals surface area contributed by atoms with E-state index in [1.807, 2.05) is 0 Å². The van der Waals surface area contributed by atoms with Crippen LogP contribution >= 0.6 is 11.7 Å². The number of nitrogens with zero attached hydrogens (tertiary/aromatic N) is 2. The van der Waals surface area contributed by atoms with Gasteiger partial charge in [0.15, 0.2) is 0 Å². The van der Waals surface area contributed by atoms with Crippen LogP contribution in [0.1, 0.15) is 11.1 Å². The second-order valence-electron chi connectivity index (χ2n) is 5.75. The van der Waals surface area contributed by atoms with Gasteiger partial charge in [-0.15, -0.1) is 0 Å². The Kier molecular flexibility index (Phi) is 3.43. The molecular weight excluding hydrogens is 300 g/mol. The summed E-state index contributed by atoms with van der Waals surface area (Å²) in [5.41, 5.74) is 9.25. The first-order chi connectivity index (χ1) is 11.3. The van der Waals surface area contributed by atoms with Crippen molar-refractivity contribution in [3.8, 4) is 22.3 Å². The van der Waals surface area contributed by atoms with Gasteiger partial charge in [0, 0.05) is 11.1 Å². The average molecular weight is 316 g/mol. The maximum absolute atomic E-state index is 4.58. The third-order valence-electron chi connectivity index (χ3n) is 4.29. The fourth-order valence-electron chi connectivity index (χ4n) is 3.05. The lowest BCUT2D eigenvalue weighted by Gasteiger charge is -2.10. The van der Waals surface area contributed by atoms with Crippen LogP contribution in [0, 0.1) is 13.8 Å². The molecule has 112 valence electrons. The summed E-state index contributed by atoms with van der Waals surface area (Å²) in [6.07, 6.45) is 0. The van der Waals surface area contributed by atoms with Crippen LogP contribution in [-0.4, -0.2) is 8.75 Å². The van der Waals surface area contributed by atoms with Crippen LogP contribution in [0.3, 0.4) is 0 Å². The number of hydrogen-bond donors (Lipinski definition) is 0. The van der Waals surface area contributed by atoms with Crippen LogP contribution in [0.15, 0.2) is 60.7 Å². The van der Waals surface area contributed by atoms with Gasteiger partial charge < -0.3 is 0 Å². The number of hydrogen-bond acceptors (Lipinski definition) is 3. The van der Waals surface area contributed by atoms with E-state index in [2.05, 4.69) is 83.3 Å². The summed E-state index contributed by atoms with van der Waals surface area (Å²) in [5.74, 6) is 0. The van der Waals surface area contributed by atoms with Crippen molar-refractivity contribution in [3.63, 3.8) is 0 Å². The number of rotatable bonds is 2. The Morgan fingerprint density at radius 3 is 1.43 bits per heavy atom. The Morgan fingerprint density at radius 1 is 0.565 bits per heavy atom. The Hall–Kier alpha value is -2.52. The first kappa shape index (κ1) is 14.1. The molecule has 4 aromatic rings. The van der Waals surface area contributed by atoms with E-state index >= 15 is 0 Å². The Labute approximate surface area is 139 Å². The normalized spacial score (nSPS) is 11.0. The zero-order chi connectivity index (χ0) is 15.8. The molecule has 1 heterocycles. The molecule has 3 heteroatoms. The molecule has 23 heavy (non-hydrogen) atoms. The third kappa shape index (κ3) is 2.34. The average Bonchev–Trinajstić information content (AvgIpc) is 3.05. The van der Waals surface area contributed by atoms with Gasteiger partial charge in [0.05, 0.1) is 11.7 Å². The highest BCUT2D eigenvalue weighted by Crippen LogP contribution is 2.36. The van der Waals surface area contributed by atoms with Gasteiger partial charge in [0.25, 0.3) is 0 Å². The summed E-state index contributed by atoms with van der Waals surface area (Å²) in [6, 6.07) is 21.2. The van der Waals surface area contributed by atoms with Crippen molar-refractivity contribution in [1.82, 2.24) is 8.75 Å². The molecule has 0 saturated heterocycles. The molecule has 0 aliphatic heterocycles. The lowest BCUT2D eigenvalue weighted by atomic mass is 9.94. The van der Waals surface area contributed by atoms with E-state index in [-0.39, 0.29) is 0 Å². The van der Waals surface area contributed by atoms with Gasteiger partial charge in [0.2, 0.25) is 0 Å². The van der Waals surface area contributed by atoms with Gasteiger partial charge in [-0.25, -0.2) is 0 Å². The van der Waals surface area contributed by atoms with Crippen molar-refractivity contribution in [3.05, 3.63) is 71.8 Å². The van der Waals surface area contributed by atoms with E-state index in [0.717, 1.165) is 22.2 Å². The summed E-state index contributed by atoms with van der Waals surface area (Å²) in [5, 5.41) is 0. The summed E-state index contributed by atoms with van der Waals surface area (Å²) in [4.78, 5) is 0. The Balaban J connectivity index is 2.00. The second kappa shape index (κ2) is 5.60. The zero-order valence-corrected chi connectivity index (χ0v) is 13.9. The van der Waals surface area contributed by atoms with Crippen molar-refractivity contribution in [2.45, 2.75) is 13.8 Å². The highest BCUT2D eigenvalue weighted by atomic mass is 32.1. The van der Waals surface area contributed by atoms with Crippen LogP contribution in [0.4, 0.5) is 0 Å². The molecule has 0 aliphatic rings. The minimum absolute atomic E-state index is 0.991. The molecule has 0 saturated carbocycles. The van der Waals surface area contributed by atoms with Crippen molar-refractivity contribution in [2.24, 2.45) is 0 Å². The monoisotopic (exact) mass is 316 g/mol. The molecule has 0 N–H and O–H groups in total. The van der Waals surface area contributed by atoms with Crippen molar-refractivity contribution in [2.75, 3.05) is 0 Å². The molecule has 4 rings (SSSR count). The summed E-state index contributed by atoms with van der Waals surface area (Å²) >= 11 is 1.28. The van der Waals surface area contributed by atoms with Crippen molar-refractivity contribution >= 4 is 22.8 Å². The summed E-state index contributed by atoms with van der Waals surface area (Å²) in [6.45, 7) is 4.27. The Morgan fingerprint density at radius 2 is 1.00 bits per heavy atom. The SMILES string of the molecule is Cc1ccccc1-c1ccc(-c2ccccc2C)c2nsnc12. The lowest BCUT2D eigenvalue weighted by Crippen LogP contribution is -1.89. The fourth-order valence-corrected chi connectivity index (χ4v) is 3.63. The highest BCUT2D eigenvalue weighted by Gasteiger charge is 2.15. The second-order valence-corrected chi connectivity index (χ2v) is 6.28. The molecule has 3 aromatic carbocycles. The van der Waals surface area contributed by atoms with E-state index in [1.165, 1.54) is 34.0 Å². The first-order valence-electron chi connectivity index (χ1n) is 7.63. The van der Waals surface area contributed by atoms with Gasteiger partial charge in [-0.05, 0) is 36.1 Å². The van der Waals surface area contributed by atoms with Crippen LogP contribution in [0.25, 0.3) is 33.3 Å².